The van der Waals surface area contributed by atoms with E-state index in [4.69, 9.17) is 11.6 Å². The van der Waals surface area contributed by atoms with E-state index in [1.807, 2.05) is 0 Å². The Hall–Kier alpha value is -3.73. The van der Waals surface area contributed by atoms with Gasteiger partial charge >= 0.3 is 6.36 Å². The van der Waals surface area contributed by atoms with Gasteiger partial charge in [-0.2, -0.15) is 5.10 Å². The van der Waals surface area contributed by atoms with Crippen molar-refractivity contribution < 1.29 is 27.1 Å². The van der Waals surface area contributed by atoms with Gasteiger partial charge in [-0.1, -0.05) is 23.7 Å². The molecule has 0 bridgehead atoms. The molecular weight excluding hydrogens is 478 g/mol. The highest BCUT2D eigenvalue weighted by Crippen LogP contribution is 2.29. The summed E-state index contributed by atoms with van der Waals surface area (Å²) in [6.07, 6.45) is -3.48. The molecule has 2 heterocycles. The van der Waals surface area contributed by atoms with Crippen molar-refractivity contribution >= 4 is 28.9 Å². The lowest BCUT2D eigenvalue weighted by atomic mass is 9.94. The van der Waals surface area contributed by atoms with E-state index in [1.54, 1.807) is 18.2 Å². The lowest BCUT2D eigenvalue weighted by Gasteiger charge is -2.16. The smallest absolute Gasteiger partial charge is 0.406 e. The molecule has 7 nitrogen and oxygen atoms in total. The second-order valence-electron chi connectivity index (χ2n) is 7.28. The van der Waals surface area contributed by atoms with Gasteiger partial charge in [0.05, 0.1) is 23.9 Å². The number of nitrogens with zero attached hydrogens (tertiary/aromatic N) is 4. The third-order valence-corrected chi connectivity index (χ3v) is 5.03. The summed E-state index contributed by atoms with van der Waals surface area (Å²) in [6, 6.07) is 12.2. The molecule has 0 aliphatic carbocycles. The Kier molecular flexibility index (Phi) is 6.64. The number of ether oxygens (including phenoxy) is 1. The van der Waals surface area contributed by atoms with Crippen LogP contribution in [0.3, 0.4) is 0 Å². The van der Waals surface area contributed by atoms with E-state index in [0.29, 0.717) is 29.2 Å². The molecule has 0 radical (unpaired) electrons. The zero-order valence-corrected chi connectivity index (χ0v) is 18.0. The number of nitrogens with one attached hydrogen (secondary N) is 1. The average molecular weight is 494 g/mol. The third-order valence-electron chi connectivity index (χ3n) is 4.82. The molecule has 1 aliphatic rings. The first-order valence-electron chi connectivity index (χ1n) is 9.89. The van der Waals surface area contributed by atoms with Gasteiger partial charge in [0.1, 0.15) is 29.6 Å². The van der Waals surface area contributed by atoms with E-state index in [2.05, 4.69) is 25.1 Å². The lowest BCUT2D eigenvalue weighted by Crippen LogP contribution is -2.29. The Bertz CT molecular complexity index is 1200. The number of halogens is 5. The van der Waals surface area contributed by atoms with Gasteiger partial charge in [-0.05, 0) is 48.0 Å². The predicted molar refractivity (Wildman–Crippen MR) is 116 cm³/mol. The second kappa shape index (κ2) is 9.64. The summed E-state index contributed by atoms with van der Waals surface area (Å²) in [7, 11) is 0. The van der Waals surface area contributed by atoms with Gasteiger partial charge in [-0.15, -0.1) is 13.2 Å². The highest BCUT2D eigenvalue weighted by Gasteiger charge is 2.32. The minimum Gasteiger partial charge on any atom is -0.406 e. The zero-order valence-electron chi connectivity index (χ0n) is 17.3. The molecule has 0 spiro atoms. The Morgan fingerprint density at radius 1 is 1.12 bits per heavy atom. The molecule has 1 N–H and O–H groups in total. The van der Waals surface area contributed by atoms with Crippen molar-refractivity contribution in [1.82, 2.24) is 15.0 Å². The van der Waals surface area contributed by atoms with E-state index in [1.165, 1.54) is 35.6 Å². The second-order valence-corrected chi connectivity index (χ2v) is 7.67. The topological polar surface area (TPSA) is 79.7 Å². The third kappa shape index (κ3) is 5.98. The molecule has 0 saturated carbocycles. The molecule has 12 heteroatoms. The summed E-state index contributed by atoms with van der Waals surface area (Å²) in [5, 5.41) is 8.90. The predicted octanol–water partition coefficient (Wildman–Crippen LogP) is 4.61. The van der Waals surface area contributed by atoms with Crippen LogP contribution in [0, 0.1) is 5.82 Å². The highest BCUT2D eigenvalue weighted by molar-refractivity contribution is 6.29. The Balaban J connectivity index is 1.48. The molecule has 176 valence electrons. The molecule has 1 aliphatic heterocycles. The molecule has 0 fully saturated rings. The van der Waals surface area contributed by atoms with Gasteiger partial charge in [0, 0.05) is 5.69 Å². The number of hydrazone groups is 1. The van der Waals surface area contributed by atoms with Gasteiger partial charge in [0.25, 0.3) is 0 Å². The van der Waals surface area contributed by atoms with Crippen LogP contribution in [0.2, 0.25) is 5.15 Å². The van der Waals surface area contributed by atoms with Crippen molar-refractivity contribution in [3.8, 4) is 5.75 Å². The summed E-state index contributed by atoms with van der Waals surface area (Å²) in [4.78, 5) is 20.7. The van der Waals surface area contributed by atoms with Crippen LogP contribution >= 0.6 is 11.6 Å². The van der Waals surface area contributed by atoms with Gasteiger partial charge in [0.15, 0.2) is 0 Å². The minimum absolute atomic E-state index is 0.138. The average Bonchev–Trinajstić information content (AvgIpc) is 3.18. The normalized spacial score (nSPS) is 15.7. The number of anilines is 1. The van der Waals surface area contributed by atoms with Crippen LogP contribution in [0.1, 0.15) is 17.2 Å². The van der Waals surface area contributed by atoms with E-state index < -0.39 is 23.8 Å². The summed E-state index contributed by atoms with van der Waals surface area (Å²) in [5.74, 6) is -1.58. The van der Waals surface area contributed by atoms with Gasteiger partial charge in [0.2, 0.25) is 5.91 Å². The molecule has 1 atom stereocenters. The monoisotopic (exact) mass is 493 g/mol. The summed E-state index contributed by atoms with van der Waals surface area (Å²) < 4.78 is 54.1. The standard InChI is InChI=1S/C22H16ClF4N5O2/c23-19-9-18(28-12-29-19)17-10-32(31-21(17)13-1-3-14(24)4-2-13)11-20(33)30-15-5-7-16(8-6-15)34-22(25,26)27/h1-9,12,17H,10-11H2,(H,30,33). The van der Waals surface area contributed by atoms with Crippen molar-refractivity contribution in [1.29, 1.82) is 0 Å². The zero-order chi connectivity index (χ0) is 24.3. The number of benzene rings is 2. The SMILES string of the molecule is O=C(CN1CC(c2cc(Cl)ncn2)C(c2ccc(F)cc2)=N1)Nc1ccc(OC(F)(F)F)cc1. The Morgan fingerprint density at radius 3 is 2.47 bits per heavy atom. The fourth-order valence-electron chi connectivity index (χ4n) is 3.42. The van der Waals surface area contributed by atoms with Crippen LogP contribution in [-0.2, 0) is 4.79 Å². The molecule has 34 heavy (non-hydrogen) atoms. The van der Waals surface area contributed by atoms with Crippen molar-refractivity contribution in [3.05, 3.63) is 83.2 Å². The summed E-state index contributed by atoms with van der Waals surface area (Å²) >= 11 is 6.01. The lowest BCUT2D eigenvalue weighted by molar-refractivity contribution is -0.274. The molecule has 2 aromatic carbocycles. The molecule has 4 rings (SSSR count). The van der Waals surface area contributed by atoms with Crippen molar-refractivity contribution in [2.45, 2.75) is 12.3 Å². The largest absolute Gasteiger partial charge is 0.573 e. The number of hydrogen-bond acceptors (Lipinski definition) is 6. The molecule has 3 aromatic rings. The highest BCUT2D eigenvalue weighted by atomic mass is 35.5. The van der Waals surface area contributed by atoms with Crippen LogP contribution in [-0.4, -0.2) is 46.0 Å². The molecule has 1 unspecified atom stereocenters. The first kappa shape index (κ1) is 23.4. The number of alkyl halides is 3. The van der Waals surface area contributed by atoms with Crippen molar-refractivity contribution in [3.63, 3.8) is 0 Å². The van der Waals surface area contributed by atoms with Crippen LogP contribution < -0.4 is 10.1 Å². The van der Waals surface area contributed by atoms with Gasteiger partial charge in [-0.3, -0.25) is 9.80 Å². The number of amides is 1. The maximum atomic E-state index is 13.4. The van der Waals surface area contributed by atoms with E-state index >= 15 is 0 Å². The Morgan fingerprint density at radius 2 is 1.82 bits per heavy atom. The molecule has 1 aromatic heterocycles. The Labute approximate surface area is 196 Å². The van der Waals surface area contributed by atoms with Crippen LogP contribution in [0.4, 0.5) is 23.2 Å². The first-order chi connectivity index (χ1) is 16.2. The maximum Gasteiger partial charge on any atom is 0.573 e. The molecular formula is C22H16ClF4N5O2. The number of carbonyl (C=O) groups is 1. The number of rotatable bonds is 6. The van der Waals surface area contributed by atoms with E-state index in [0.717, 1.165) is 12.1 Å². The maximum absolute atomic E-state index is 13.4. The summed E-state index contributed by atoms with van der Waals surface area (Å²) in [6.45, 7) is 0.159. The minimum atomic E-state index is -4.80. The van der Waals surface area contributed by atoms with E-state index in [-0.39, 0.29) is 17.6 Å². The first-order valence-corrected chi connectivity index (χ1v) is 10.3. The number of aromatic nitrogens is 2. The fraction of sp³-hybridized carbons (Fsp3) is 0.182. The van der Waals surface area contributed by atoms with Crippen LogP contribution in [0.25, 0.3) is 0 Å². The van der Waals surface area contributed by atoms with E-state index in [9.17, 15) is 22.4 Å². The molecule has 0 saturated heterocycles. The van der Waals surface area contributed by atoms with Crippen LogP contribution in [0.5, 0.6) is 5.75 Å². The molecule has 1 amide bonds. The number of hydrogen-bond donors (Lipinski definition) is 1. The van der Waals surface area contributed by atoms with Crippen molar-refractivity contribution in [2.24, 2.45) is 5.10 Å². The quantitative estimate of drug-likeness (QED) is 0.401. The number of carbonyl (C=O) groups excluding carboxylic acids is 1. The van der Waals surface area contributed by atoms with Gasteiger partial charge < -0.3 is 10.1 Å². The fourth-order valence-corrected chi connectivity index (χ4v) is 3.57. The summed E-state index contributed by atoms with van der Waals surface area (Å²) in [5.41, 5.74) is 2.12. The van der Waals surface area contributed by atoms with Crippen LogP contribution in [0.15, 0.2) is 66.0 Å². The van der Waals surface area contributed by atoms with Gasteiger partial charge in [-0.25, -0.2) is 14.4 Å². The van der Waals surface area contributed by atoms with Crippen molar-refractivity contribution in [2.75, 3.05) is 18.4 Å².